The van der Waals surface area contributed by atoms with Crippen LogP contribution in [0.15, 0.2) is 36.5 Å². The molecule has 2 aliphatic heterocycles. The van der Waals surface area contributed by atoms with Crippen LogP contribution in [0.4, 0.5) is 5.82 Å². The Labute approximate surface area is 235 Å². The number of carbonyl (C=O) groups excluding carboxylic acids is 1. The molecule has 1 fully saturated rings. The summed E-state index contributed by atoms with van der Waals surface area (Å²) in [5.41, 5.74) is 12.6. The van der Waals surface area contributed by atoms with Gasteiger partial charge in [-0.15, -0.1) is 0 Å². The van der Waals surface area contributed by atoms with Crippen molar-refractivity contribution in [1.82, 2.24) is 19.8 Å². The van der Waals surface area contributed by atoms with Crippen molar-refractivity contribution in [3.63, 3.8) is 0 Å². The number of hydrogen-bond acceptors (Lipinski definition) is 8. The number of anilines is 1. The molecule has 40 heavy (non-hydrogen) atoms. The number of benzene rings is 1. The number of carbonyl (C=O) groups is 1. The van der Waals surface area contributed by atoms with E-state index in [1.807, 2.05) is 44.7 Å². The molecule has 1 aromatic carbocycles. The fourth-order valence-electron chi connectivity index (χ4n) is 5.73. The minimum absolute atomic E-state index is 0.0465. The topological polar surface area (TPSA) is 129 Å². The van der Waals surface area contributed by atoms with E-state index in [1.165, 1.54) is 6.20 Å². The van der Waals surface area contributed by atoms with E-state index in [4.69, 9.17) is 10.5 Å². The zero-order valence-electron chi connectivity index (χ0n) is 23.5. The minimum Gasteiger partial charge on any atom is -0.492 e. The maximum absolute atomic E-state index is 14.1. The number of likely N-dealkylation sites (tertiary alicyclic amines) is 1. The van der Waals surface area contributed by atoms with Gasteiger partial charge in [-0.05, 0) is 75.4 Å². The summed E-state index contributed by atoms with van der Waals surface area (Å²) < 4.78 is 5.66. The van der Waals surface area contributed by atoms with Crippen molar-refractivity contribution < 1.29 is 14.6 Å². The molecule has 5 rings (SSSR count). The van der Waals surface area contributed by atoms with Gasteiger partial charge in [0.05, 0.1) is 24.4 Å². The van der Waals surface area contributed by atoms with Crippen LogP contribution < -0.4 is 10.5 Å². The number of nitrogens with two attached hydrogens (primary N) is 1. The average Bonchev–Trinajstić information content (AvgIpc) is 2.95. The molecule has 3 N–H and O–H groups in total. The number of rotatable bonds is 8. The van der Waals surface area contributed by atoms with Gasteiger partial charge in [-0.1, -0.05) is 6.07 Å². The first-order valence-corrected chi connectivity index (χ1v) is 13.9. The SMILES string of the molecule is CCOc1cc([C@H](C)N2CCc3c(cc(CCN4C[C@@H](O)[C@H]4C)cc3-c3ccc(N)nc3C)C2=O)ncc1C#N. The highest BCUT2D eigenvalue weighted by Gasteiger charge is 2.34. The molecule has 208 valence electrons. The third-order valence-electron chi connectivity index (χ3n) is 8.25. The highest BCUT2D eigenvalue weighted by molar-refractivity contribution is 5.99. The third kappa shape index (κ3) is 5.12. The van der Waals surface area contributed by atoms with E-state index in [1.54, 1.807) is 12.1 Å². The number of ether oxygens (including phenoxy) is 1. The molecule has 2 aromatic heterocycles. The van der Waals surface area contributed by atoms with Crippen molar-refractivity contribution in [1.29, 1.82) is 5.26 Å². The van der Waals surface area contributed by atoms with Gasteiger partial charge in [0.15, 0.2) is 0 Å². The Morgan fingerprint density at radius 2 is 2.02 bits per heavy atom. The number of aromatic nitrogens is 2. The number of nitriles is 1. The van der Waals surface area contributed by atoms with Crippen molar-refractivity contribution in [3.05, 3.63) is 70.2 Å². The summed E-state index contributed by atoms with van der Waals surface area (Å²) in [6, 6.07) is 11.7. The molecule has 0 radical (unpaired) electrons. The van der Waals surface area contributed by atoms with Gasteiger partial charge in [0.2, 0.25) is 0 Å². The highest BCUT2D eigenvalue weighted by atomic mass is 16.5. The number of amides is 1. The Morgan fingerprint density at radius 3 is 2.70 bits per heavy atom. The van der Waals surface area contributed by atoms with Gasteiger partial charge in [-0.3, -0.25) is 14.7 Å². The van der Waals surface area contributed by atoms with Crippen LogP contribution >= 0.6 is 0 Å². The summed E-state index contributed by atoms with van der Waals surface area (Å²) in [6.07, 6.45) is 2.68. The summed E-state index contributed by atoms with van der Waals surface area (Å²) in [6.45, 7) is 10.3. The van der Waals surface area contributed by atoms with Gasteiger partial charge in [-0.2, -0.15) is 5.26 Å². The predicted octanol–water partition coefficient (Wildman–Crippen LogP) is 3.67. The molecule has 4 heterocycles. The number of pyridine rings is 2. The van der Waals surface area contributed by atoms with Crippen molar-refractivity contribution in [2.75, 3.05) is 32.0 Å². The molecule has 9 heteroatoms. The van der Waals surface area contributed by atoms with Crippen LogP contribution in [0.2, 0.25) is 0 Å². The maximum atomic E-state index is 14.1. The molecular formula is C31H36N6O3. The number of nitrogens with zero attached hydrogens (tertiary/aromatic N) is 5. The number of aryl methyl sites for hydroxylation is 1. The van der Waals surface area contributed by atoms with Crippen LogP contribution in [0, 0.1) is 18.3 Å². The molecular weight excluding hydrogens is 504 g/mol. The van der Waals surface area contributed by atoms with E-state index in [0.717, 1.165) is 40.9 Å². The van der Waals surface area contributed by atoms with Crippen LogP contribution in [0.5, 0.6) is 5.75 Å². The lowest BCUT2D eigenvalue weighted by molar-refractivity contribution is -0.0510. The van der Waals surface area contributed by atoms with Crippen molar-refractivity contribution in [3.8, 4) is 22.9 Å². The van der Waals surface area contributed by atoms with E-state index < -0.39 is 0 Å². The number of aliphatic hydroxyl groups excluding tert-OH is 1. The summed E-state index contributed by atoms with van der Waals surface area (Å²) in [7, 11) is 0. The second kappa shape index (κ2) is 11.2. The fraction of sp³-hybridized carbons (Fsp3) is 0.419. The van der Waals surface area contributed by atoms with E-state index in [0.29, 0.717) is 54.5 Å². The zero-order chi connectivity index (χ0) is 28.6. The molecule has 1 amide bonds. The van der Waals surface area contributed by atoms with E-state index >= 15 is 0 Å². The lowest BCUT2D eigenvalue weighted by Crippen LogP contribution is -2.58. The first kappa shape index (κ1) is 27.6. The minimum atomic E-state index is -0.303. The summed E-state index contributed by atoms with van der Waals surface area (Å²) in [5.74, 6) is 0.900. The van der Waals surface area contributed by atoms with Gasteiger partial charge in [0.25, 0.3) is 5.91 Å². The summed E-state index contributed by atoms with van der Waals surface area (Å²) in [5, 5.41) is 19.4. The maximum Gasteiger partial charge on any atom is 0.254 e. The van der Waals surface area contributed by atoms with Crippen LogP contribution in [-0.4, -0.2) is 69.2 Å². The lowest BCUT2D eigenvalue weighted by atomic mass is 9.86. The molecule has 9 nitrogen and oxygen atoms in total. The second-order valence-corrected chi connectivity index (χ2v) is 10.7. The van der Waals surface area contributed by atoms with Gasteiger partial charge < -0.3 is 20.5 Å². The van der Waals surface area contributed by atoms with Crippen molar-refractivity contribution >= 4 is 11.7 Å². The number of fused-ring (bicyclic) bond motifs is 1. The van der Waals surface area contributed by atoms with E-state index in [-0.39, 0.29) is 24.1 Å². The molecule has 0 spiro atoms. The predicted molar refractivity (Wildman–Crippen MR) is 153 cm³/mol. The Kier molecular flexibility index (Phi) is 7.74. The first-order chi connectivity index (χ1) is 19.2. The molecule has 0 aliphatic carbocycles. The Morgan fingerprint density at radius 1 is 1.25 bits per heavy atom. The van der Waals surface area contributed by atoms with Gasteiger partial charge in [-0.25, -0.2) is 4.98 Å². The third-order valence-corrected chi connectivity index (χ3v) is 8.25. The quantitative estimate of drug-likeness (QED) is 0.443. The molecule has 3 atom stereocenters. The summed E-state index contributed by atoms with van der Waals surface area (Å²) >= 11 is 0. The number of hydrogen-bond donors (Lipinski definition) is 2. The molecule has 0 bridgehead atoms. The Hall–Kier alpha value is -4.00. The van der Waals surface area contributed by atoms with E-state index in [9.17, 15) is 15.2 Å². The van der Waals surface area contributed by atoms with Gasteiger partial charge in [0, 0.05) is 54.8 Å². The summed E-state index contributed by atoms with van der Waals surface area (Å²) in [4.78, 5) is 27.2. The molecule has 0 saturated carbocycles. The van der Waals surface area contributed by atoms with E-state index in [2.05, 4.69) is 27.0 Å². The molecule has 1 saturated heterocycles. The van der Waals surface area contributed by atoms with Crippen LogP contribution in [0.3, 0.4) is 0 Å². The largest absolute Gasteiger partial charge is 0.492 e. The highest BCUT2D eigenvalue weighted by Crippen LogP contribution is 2.36. The van der Waals surface area contributed by atoms with Crippen LogP contribution in [-0.2, 0) is 12.8 Å². The standard InChI is InChI=1S/C31H36N6O3/c1-5-40-29-14-27(34-16-22(29)15-32)19(3)37-11-9-24-25(23-6-7-30(33)35-18(23)2)12-21(13-26(24)31(37)39)8-10-36-17-28(38)20(36)4/h6-7,12-14,16,19-20,28,38H,5,8-11,17H2,1-4H3,(H2,33,35)/t19-,20+,28+/m0/s1. The molecule has 3 aromatic rings. The van der Waals surface area contributed by atoms with Crippen LogP contribution in [0.25, 0.3) is 11.1 Å². The number of aliphatic hydroxyl groups is 1. The van der Waals surface area contributed by atoms with Gasteiger partial charge >= 0.3 is 0 Å². The Balaban J connectivity index is 1.50. The smallest absolute Gasteiger partial charge is 0.254 e. The monoisotopic (exact) mass is 540 g/mol. The number of β-amino-alcohol motifs (C(OH)–C–C–N with tert-alkyl or cyclic N) is 1. The number of nitrogen functional groups attached to an aromatic ring is 1. The second-order valence-electron chi connectivity index (χ2n) is 10.7. The fourth-order valence-corrected chi connectivity index (χ4v) is 5.73. The van der Waals surface area contributed by atoms with Gasteiger partial charge in [0.1, 0.15) is 23.2 Å². The average molecular weight is 541 g/mol. The van der Waals surface area contributed by atoms with Crippen molar-refractivity contribution in [2.24, 2.45) is 0 Å². The van der Waals surface area contributed by atoms with Crippen LogP contribution in [0.1, 0.15) is 65.2 Å². The van der Waals surface area contributed by atoms with Crippen molar-refractivity contribution in [2.45, 2.75) is 58.7 Å². The molecule has 0 unspecified atom stereocenters. The molecule has 2 aliphatic rings. The zero-order valence-corrected chi connectivity index (χ0v) is 23.5. The Bertz CT molecular complexity index is 1480. The lowest BCUT2D eigenvalue weighted by Gasteiger charge is -2.43. The first-order valence-electron chi connectivity index (χ1n) is 13.9. The normalized spacial score (nSPS) is 19.5.